The molecule has 0 saturated heterocycles. The zero-order valence-corrected chi connectivity index (χ0v) is 11.1. The summed E-state index contributed by atoms with van der Waals surface area (Å²) in [5.41, 5.74) is 0.149. The Morgan fingerprint density at radius 1 is 1.35 bits per heavy atom. The van der Waals surface area contributed by atoms with Crippen LogP contribution in [0, 0.1) is 5.41 Å². The standard InChI is InChI=1S/C13H21NO3/c1-8(14-9(2)13(3,4)5)10-6-7-11(17-10)12(15)16/h6-9,14H,1-5H3,(H,15,16). The predicted octanol–water partition coefficient (Wildman–Crippen LogP) is 3.06. The molecule has 1 aromatic heterocycles. The van der Waals surface area contributed by atoms with Gasteiger partial charge in [-0.05, 0) is 31.4 Å². The maximum atomic E-state index is 10.7. The Hall–Kier alpha value is -1.29. The number of hydrogen-bond donors (Lipinski definition) is 2. The fraction of sp³-hybridized carbons (Fsp3) is 0.615. The molecular weight excluding hydrogens is 218 g/mol. The summed E-state index contributed by atoms with van der Waals surface area (Å²) in [5, 5.41) is 12.2. The zero-order chi connectivity index (χ0) is 13.2. The van der Waals surface area contributed by atoms with Crippen LogP contribution in [0.25, 0.3) is 0 Å². The Morgan fingerprint density at radius 3 is 2.35 bits per heavy atom. The molecule has 1 aromatic rings. The van der Waals surface area contributed by atoms with Gasteiger partial charge in [-0.3, -0.25) is 0 Å². The van der Waals surface area contributed by atoms with E-state index in [1.807, 2.05) is 6.92 Å². The molecule has 2 unspecified atom stereocenters. The molecule has 96 valence electrons. The first-order valence-corrected chi connectivity index (χ1v) is 5.81. The first-order chi connectivity index (χ1) is 7.71. The highest BCUT2D eigenvalue weighted by atomic mass is 16.4. The van der Waals surface area contributed by atoms with Crippen molar-refractivity contribution in [1.82, 2.24) is 5.32 Å². The lowest BCUT2D eigenvalue weighted by Gasteiger charge is -2.30. The number of carboxylic acid groups (broad SMARTS) is 1. The van der Waals surface area contributed by atoms with Crippen LogP contribution in [0.5, 0.6) is 0 Å². The first-order valence-electron chi connectivity index (χ1n) is 5.81. The molecule has 1 heterocycles. The van der Waals surface area contributed by atoms with Crippen LogP contribution >= 0.6 is 0 Å². The molecule has 0 amide bonds. The van der Waals surface area contributed by atoms with Crippen molar-refractivity contribution < 1.29 is 14.3 Å². The summed E-state index contributed by atoms with van der Waals surface area (Å²) in [5.74, 6) is -0.400. The van der Waals surface area contributed by atoms with Gasteiger partial charge in [0, 0.05) is 6.04 Å². The summed E-state index contributed by atoms with van der Waals surface area (Å²) < 4.78 is 5.26. The van der Waals surface area contributed by atoms with Gasteiger partial charge in [0.2, 0.25) is 5.76 Å². The lowest BCUT2D eigenvalue weighted by atomic mass is 9.87. The average Bonchev–Trinajstić information content (AvgIpc) is 2.64. The van der Waals surface area contributed by atoms with Crippen molar-refractivity contribution in [2.75, 3.05) is 0 Å². The van der Waals surface area contributed by atoms with Crippen LogP contribution in [-0.2, 0) is 0 Å². The second-order valence-corrected chi connectivity index (χ2v) is 5.48. The molecule has 0 saturated carbocycles. The molecule has 1 rings (SSSR count). The SMILES string of the molecule is CC(NC(C)C(C)(C)C)c1ccc(C(=O)O)o1. The highest BCUT2D eigenvalue weighted by Gasteiger charge is 2.23. The fourth-order valence-corrected chi connectivity index (χ4v) is 1.41. The molecule has 0 fully saturated rings. The van der Waals surface area contributed by atoms with Gasteiger partial charge in [-0.1, -0.05) is 20.8 Å². The maximum absolute atomic E-state index is 10.7. The minimum absolute atomic E-state index is 0.00248. The van der Waals surface area contributed by atoms with E-state index in [2.05, 4.69) is 33.0 Å². The van der Waals surface area contributed by atoms with Gasteiger partial charge in [-0.15, -0.1) is 0 Å². The van der Waals surface area contributed by atoms with E-state index >= 15 is 0 Å². The van der Waals surface area contributed by atoms with Crippen LogP contribution in [0.2, 0.25) is 0 Å². The van der Waals surface area contributed by atoms with Crippen molar-refractivity contribution in [2.45, 2.75) is 46.7 Å². The molecule has 0 bridgehead atoms. The number of rotatable bonds is 4. The van der Waals surface area contributed by atoms with Crippen LogP contribution in [0.1, 0.15) is 57.0 Å². The third-order valence-corrected chi connectivity index (χ3v) is 3.06. The number of hydrogen-bond acceptors (Lipinski definition) is 3. The summed E-state index contributed by atoms with van der Waals surface area (Å²) in [4.78, 5) is 10.7. The van der Waals surface area contributed by atoms with Crippen molar-refractivity contribution in [1.29, 1.82) is 0 Å². The van der Waals surface area contributed by atoms with E-state index in [0.29, 0.717) is 11.8 Å². The van der Waals surface area contributed by atoms with Crippen molar-refractivity contribution >= 4 is 5.97 Å². The molecule has 0 aliphatic rings. The van der Waals surface area contributed by atoms with Crippen LogP contribution in [-0.4, -0.2) is 17.1 Å². The number of carbonyl (C=O) groups is 1. The molecule has 17 heavy (non-hydrogen) atoms. The van der Waals surface area contributed by atoms with Gasteiger partial charge in [0.1, 0.15) is 5.76 Å². The Labute approximate surface area is 102 Å². The molecule has 0 spiro atoms. The van der Waals surface area contributed by atoms with E-state index in [1.165, 1.54) is 6.07 Å². The minimum atomic E-state index is -1.03. The largest absolute Gasteiger partial charge is 0.475 e. The Balaban J connectivity index is 2.70. The Kier molecular flexibility index (Phi) is 3.98. The van der Waals surface area contributed by atoms with Gasteiger partial charge >= 0.3 is 5.97 Å². The fourth-order valence-electron chi connectivity index (χ4n) is 1.41. The summed E-state index contributed by atoms with van der Waals surface area (Å²) in [7, 11) is 0. The predicted molar refractivity (Wildman–Crippen MR) is 66.1 cm³/mol. The summed E-state index contributed by atoms with van der Waals surface area (Å²) in [6.07, 6.45) is 0. The molecule has 0 aromatic carbocycles. The first kappa shape index (κ1) is 13.8. The maximum Gasteiger partial charge on any atom is 0.371 e. The normalized spacial score (nSPS) is 15.6. The number of aromatic carboxylic acids is 1. The molecule has 2 N–H and O–H groups in total. The lowest BCUT2D eigenvalue weighted by molar-refractivity contribution is 0.0659. The molecule has 0 aliphatic heterocycles. The summed E-state index contributed by atoms with van der Waals surface area (Å²) in [6.45, 7) is 10.5. The van der Waals surface area contributed by atoms with Crippen LogP contribution < -0.4 is 5.32 Å². The minimum Gasteiger partial charge on any atom is -0.475 e. The number of furan rings is 1. The van der Waals surface area contributed by atoms with Crippen LogP contribution in [0.3, 0.4) is 0 Å². The topological polar surface area (TPSA) is 62.5 Å². The number of carboxylic acids is 1. The van der Waals surface area contributed by atoms with E-state index in [0.717, 1.165) is 0 Å². The van der Waals surface area contributed by atoms with Gasteiger partial charge in [-0.25, -0.2) is 4.79 Å². The highest BCUT2D eigenvalue weighted by molar-refractivity contribution is 5.84. The molecule has 0 aliphatic carbocycles. The quantitative estimate of drug-likeness (QED) is 0.847. The van der Waals surface area contributed by atoms with Crippen molar-refractivity contribution in [3.8, 4) is 0 Å². The second kappa shape index (κ2) is 4.92. The highest BCUT2D eigenvalue weighted by Crippen LogP contribution is 2.23. The molecule has 4 nitrogen and oxygen atoms in total. The van der Waals surface area contributed by atoms with E-state index in [9.17, 15) is 4.79 Å². The molecule has 0 radical (unpaired) electrons. The van der Waals surface area contributed by atoms with Crippen molar-refractivity contribution in [3.05, 3.63) is 23.7 Å². The summed E-state index contributed by atoms with van der Waals surface area (Å²) in [6, 6.07) is 3.49. The third kappa shape index (κ3) is 3.60. The van der Waals surface area contributed by atoms with E-state index in [4.69, 9.17) is 9.52 Å². The smallest absolute Gasteiger partial charge is 0.371 e. The van der Waals surface area contributed by atoms with E-state index < -0.39 is 5.97 Å². The molecule has 2 atom stereocenters. The monoisotopic (exact) mass is 239 g/mol. The molecule has 4 heteroatoms. The molecular formula is C13H21NO3. The van der Waals surface area contributed by atoms with Gasteiger partial charge < -0.3 is 14.8 Å². The third-order valence-electron chi connectivity index (χ3n) is 3.06. The second-order valence-electron chi connectivity index (χ2n) is 5.48. The van der Waals surface area contributed by atoms with Gasteiger partial charge in [0.05, 0.1) is 6.04 Å². The Bertz CT molecular complexity index is 390. The van der Waals surface area contributed by atoms with E-state index in [1.54, 1.807) is 6.07 Å². The number of nitrogens with one attached hydrogen (secondary N) is 1. The van der Waals surface area contributed by atoms with Crippen LogP contribution in [0.15, 0.2) is 16.5 Å². The van der Waals surface area contributed by atoms with Gasteiger partial charge in [0.25, 0.3) is 0 Å². The lowest BCUT2D eigenvalue weighted by Crippen LogP contribution is -2.38. The van der Waals surface area contributed by atoms with Crippen molar-refractivity contribution in [2.24, 2.45) is 5.41 Å². The average molecular weight is 239 g/mol. The van der Waals surface area contributed by atoms with Gasteiger partial charge in [0.15, 0.2) is 0 Å². The van der Waals surface area contributed by atoms with Gasteiger partial charge in [-0.2, -0.15) is 0 Å². The zero-order valence-electron chi connectivity index (χ0n) is 11.1. The summed E-state index contributed by atoms with van der Waals surface area (Å²) >= 11 is 0. The Morgan fingerprint density at radius 2 is 1.94 bits per heavy atom. The van der Waals surface area contributed by atoms with E-state index in [-0.39, 0.29) is 17.2 Å². The van der Waals surface area contributed by atoms with Crippen LogP contribution in [0.4, 0.5) is 0 Å². The van der Waals surface area contributed by atoms with Crippen molar-refractivity contribution in [3.63, 3.8) is 0 Å².